The summed E-state index contributed by atoms with van der Waals surface area (Å²) >= 11 is 0. The number of fused-ring (bicyclic) bond motifs is 1. The van der Waals surface area contributed by atoms with Crippen LogP contribution in [0.5, 0.6) is 11.5 Å². The van der Waals surface area contributed by atoms with Crippen LogP contribution in [0.4, 0.5) is 0 Å². The van der Waals surface area contributed by atoms with Crippen LogP contribution < -0.4 is 10.1 Å². The van der Waals surface area contributed by atoms with Crippen molar-refractivity contribution in [3.05, 3.63) is 72.1 Å². The number of nitrogens with one attached hydrogen (secondary N) is 1. The Balaban J connectivity index is 1.22. The number of pyridine rings is 1. The van der Waals surface area contributed by atoms with E-state index < -0.39 is 0 Å². The van der Waals surface area contributed by atoms with Crippen LogP contribution in [0.2, 0.25) is 0 Å². The molecule has 3 heterocycles. The molecule has 7 nitrogen and oxygen atoms in total. The van der Waals surface area contributed by atoms with Crippen molar-refractivity contribution in [3.63, 3.8) is 0 Å². The van der Waals surface area contributed by atoms with Gasteiger partial charge >= 0.3 is 0 Å². The molecule has 1 spiro atoms. The van der Waals surface area contributed by atoms with Crippen molar-refractivity contribution in [2.75, 3.05) is 13.6 Å². The standard InChI is InChI=1S/C28H29N5O2/c1-4-18-13-19(6-8-23(18)27(34)31-26-17-32(2)28(26)10-11-28)24-14-22(9-12-29-24)35-21-7-5-20-16-30-33(3)25(20)15-21/h5-9,12-16,26H,4,10-11,17H2,1-3H3,(H,31,34). The van der Waals surface area contributed by atoms with E-state index in [-0.39, 0.29) is 17.5 Å². The molecular weight excluding hydrogens is 438 g/mol. The molecule has 6 rings (SSSR count). The molecule has 1 amide bonds. The van der Waals surface area contributed by atoms with Gasteiger partial charge < -0.3 is 10.1 Å². The zero-order valence-corrected chi connectivity index (χ0v) is 20.3. The van der Waals surface area contributed by atoms with E-state index in [4.69, 9.17) is 4.74 Å². The number of aromatic nitrogens is 3. The van der Waals surface area contributed by atoms with Crippen LogP contribution in [0.25, 0.3) is 22.2 Å². The van der Waals surface area contributed by atoms with Crippen molar-refractivity contribution >= 4 is 16.8 Å². The molecule has 1 aliphatic heterocycles. The number of benzene rings is 2. The highest BCUT2D eigenvalue weighted by molar-refractivity contribution is 5.96. The molecule has 35 heavy (non-hydrogen) atoms. The van der Waals surface area contributed by atoms with Crippen LogP contribution in [-0.2, 0) is 13.5 Å². The topological polar surface area (TPSA) is 72.3 Å². The fourth-order valence-electron chi connectivity index (χ4n) is 5.28. The summed E-state index contributed by atoms with van der Waals surface area (Å²) < 4.78 is 7.97. The number of carbonyl (C=O) groups is 1. The third-order valence-electron chi connectivity index (χ3n) is 7.65. The fourth-order valence-corrected chi connectivity index (χ4v) is 5.28. The normalized spacial score (nSPS) is 18.4. The van der Waals surface area contributed by atoms with Crippen molar-refractivity contribution in [1.82, 2.24) is 25.0 Å². The highest BCUT2D eigenvalue weighted by atomic mass is 16.5. The number of hydrogen-bond donors (Lipinski definition) is 1. The van der Waals surface area contributed by atoms with Crippen molar-refractivity contribution in [1.29, 1.82) is 0 Å². The van der Waals surface area contributed by atoms with Gasteiger partial charge in [0.15, 0.2) is 0 Å². The summed E-state index contributed by atoms with van der Waals surface area (Å²) in [6.45, 7) is 3.01. The molecule has 178 valence electrons. The Morgan fingerprint density at radius 2 is 1.94 bits per heavy atom. The summed E-state index contributed by atoms with van der Waals surface area (Å²) in [5.41, 5.74) is 4.77. The monoisotopic (exact) mass is 467 g/mol. The summed E-state index contributed by atoms with van der Waals surface area (Å²) in [6.07, 6.45) is 6.71. The van der Waals surface area contributed by atoms with Gasteiger partial charge in [0, 0.05) is 54.0 Å². The number of nitrogens with zero attached hydrogens (tertiary/aromatic N) is 4. The Morgan fingerprint density at radius 1 is 1.11 bits per heavy atom. The molecule has 0 radical (unpaired) electrons. The Labute approximate surface area is 204 Å². The average molecular weight is 468 g/mol. The molecule has 1 N–H and O–H groups in total. The Bertz CT molecular complexity index is 1440. The molecule has 2 aliphatic rings. The van der Waals surface area contributed by atoms with Crippen molar-refractivity contribution in [2.45, 2.75) is 37.8 Å². The van der Waals surface area contributed by atoms with E-state index in [2.05, 4.69) is 40.3 Å². The van der Waals surface area contributed by atoms with Crippen LogP contribution in [0, 0.1) is 0 Å². The number of likely N-dealkylation sites (tertiary alicyclic amines) is 1. The second-order valence-corrected chi connectivity index (χ2v) is 9.70. The predicted molar refractivity (Wildman–Crippen MR) is 136 cm³/mol. The van der Waals surface area contributed by atoms with Gasteiger partial charge in [0.2, 0.25) is 0 Å². The second kappa shape index (κ2) is 8.20. The summed E-state index contributed by atoms with van der Waals surface area (Å²) in [6, 6.07) is 15.9. The summed E-state index contributed by atoms with van der Waals surface area (Å²) in [5, 5.41) is 8.64. The molecule has 4 aromatic rings. The summed E-state index contributed by atoms with van der Waals surface area (Å²) in [4.78, 5) is 20.0. The molecule has 2 aromatic carbocycles. The van der Waals surface area contributed by atoms with Gasteiger partial charge in [0.05, 0.1) is 23.4 Å². The van der Waals surface area contributed by atoms with E-state index in [0.29, 0.717) is 5.75 Å². The molecule has 1 atom stereocenters. The second-order valence-electron chi connectivity index (χ2n) is 9.70. The van der Waals surface area contributed by atoms with E-state index in [1.807, 2.05) is 60.4 Å². The van der Waals surface area contributed by atoms with Crippen LogP contribution in [0.1, 0.15) is 35.7 Å². The van der Waals surface area contributed by atoms with Gasteiger partial charge in [0.1, 0.15) is 11.5 Å². The van der Waals surface area contributed by atoms with Crippen molar-refractivity contribution in [2.24, 2.45) is 7.05 Å². The zero-order valence-electron chi connectivity index (χ0n) is 20.3. The third-order valence-corrected chi connectivity index (χ3v) is 7.65. The van der Waals surface area contributed by atoms with Crippen molar-refractivity contribution in [3.8, 4) is 22.8 Å². The van der Waals surface area contributed by atoms with Gasteiger partial charge in [0.25, 0.3) is 5.91 Å². The quantitative estimate of drug-likeness (QED) is 0.450. The Morgan fingerprint density at radius 3 is 2.71 bits per heavy atom. The SMILES string of the molecule is CCc1cc(-c2cc(Oc3ccc4cnn(C)c4c3)ccn2)ccc1C(=O)NC1CN(C)C12CC2. The van der Waals surface area contributed by atoms with E-state index in [9.17, 15) is 4.79 Å². The number of rotatable bonds is 6. The van der Waals surface area contributed by atoms with Gasteiger partial charge in [-0.3, -0.25) is 19.4 Å². The first-order valence-electron chi connectivity index (χ1n) is 12.2. The lowest BCUT2D eigenvalue weighted by Gasteiger charge is -2.47. The van der Waals surface area contributed by atoms with E-state index in [1.165, 1.54) is 12.8 Å². The molecule has 2 aromatic heterocycles. The highest BCUT2D eigenvalue weighted by Gasteiger charge is 2.60. The minimum Gasteiger partial charge on any atom is -0.457 e. The molecule has 1 saturated carbocycles. The number of carbonyl (C=O) groups excluding carboxylic acids is 1. The maximum Gasteiger partial charge on any atom is 0.251 e. The number of likely N-dealkylation sites (N-methyl/N-ethyl adjacent to an activating group) is 1. The molecular formula is C28H29N5O2. The van der Waals surface area contributed by atoms with Crippen LogP contribution >= 0.6 is 0 Å². The molecule has 7 heteroatoms. The molecule has 2 fully saturated rings. The maximum absolute atomic E-state index is 13.1. The maximum atomic E-state index is 13.1. The Hall–Kier alpha value is -3.71. The highest BCUT2D eigenvalue weighted by Crippen LogP contribution is 2.50. The van der Waals surface area contributed by atoms with Gasteiger partial charge in [-0.15, -0.1) is 0 Å². The largest absolute Gasteiger partial charge is 0.457 e. The average Bonchev–Trinajstić information content (AvgIpc) is 3.65. The zero-order chi connectivity index (χ0) is 24.2. The van der Waals surface area contributed by atoms with E-state index in [0.717, 1.165) is 52.0 Å². The number of aryl methyl sites for hydroxylation is 2. The minimum atomic E-state index is 0.0216. The van der Waals surface area contributed by atoms with Gasteiger partial charge in [-0.05, 0) is 62.2 Å². The molecule has 1 saturated heterocycles. The van der Waals surface area contributed by atoms with Crippen LogP contribution in [0.3, 0.4) is 0 Å². The number of hydrogen-bond acceptors (Lipinski definition) is 5. The predicted octanol–water partition coefficient (Wildman–Crippen LogP) is 4.57. The minimum absolute atomic E-state index is 0.0216. The lowest BCUT2D eigenvalue weighted by molar-refractivity contribution is 0.0437. The fraction of sp³-hybridized carbons (Fsp3) is 0.321. The lowest BCUT2D eigenvalue weighted by atomic mass is 9.93. The lowest BCUT2D eigenvalue weighted by Crippen LogP contribution is -2.67. The van der Waals surface area contributed by atoms with E-state index >= 15 is 0 Å². The molecule has 1 unspecified atom stereocenters. The first-order valence-corrected chi connectivity index (χ1v) is 12.2. The summed E-state index contributed by atoms with van der Waals surface area (Å²) in [5.74, 6) is 1.48. The molecule has 0 bridgehead atoms. The van der Waals surface area contributed by atoms with Gasteiger partial charge in [-0.25, -0.2) is 0 Å². The van der Waals surface area contributed by atoms with Crippen LogP contribution in [-0.4, -0.2) is 50.7 Å². The first kappa shape index (κ1) is 21.8. The first-order chi connectivity index (χ1) is 17.0. The Kier molecular flexibility index (Phi) is 5.11. The van der Waals surface area contributed by atoms with Crippen LogP contribution in [0.15, 0.2) is 60.9 Å². The third kappa shape index (κ3) is 3.76. The summed E-state index contributed by atoms with van der Waals surface area (Å²) in [7, 11) is 4.06. The van der Waals surface area contributed by atoms with E-state index in [1.54, 1.807) is 6.20 Å². The van der Waals surface area contributed by atoms with Gasteiger partial charge in [-0.2, -0.15) is 5.10 Å². The smallest absolute Gasteiger partial charge is 0.251 e. The van der Waals surface area contributed by atoms with Gasteiger partial charge in [-0.1, -0.05) is 13.0 Å². The molecule has 1 aliphatic carbocycles. The van der Waals surface area contributed by atoms with Crippen molar-refractivity contribution < 1.29 is 9.53 Å². The number of ether oxygens (including phenoxy) is 1. The number of amides is 1.